The van der Waals surface area contributed by atoms with Crippen LogP contribution >= 0.6 is 0 Å². The van der Waals surface area contributed by atoms with Crippen LogP contribution in [0.5, 0.6) is 0 Å². The summed E-state index contributed by atoms with van der Waals surface area (Å²) in [4.78, 5) is 42.6. The molecule has 1 saturated carbocycles. The first kappa shape index (κ1) is 19.0. The number of hydrogen-bond acceptors (Lipinski definition) is 6. The average molecular weight is 408 g/mol. The summed E-state index contributed by atoms with van der Waals surface area (Å²) in [5, 5.41) is 9.32. The number of nitriles is 1. The first-order valence-electron chi connectivity index (χ1n) is 10.3. The van der Waals surface area contributed by atoms with Crippen LogP contribution in [-0.4, -0.2) is 70.8 Å². The molecule has 4 fully saturated rings. The monoisotopic (exact) mass is 408 g/mol. The highest BCUT2D eigenvalue weighted by atomic mass is 16.2. The Bertz CT molecular complexity index is 956. The minimum atomic E-state index is -0.740. The molecule has 5 rings (SSSR count). The number of nitrogens with two attached hydrogens (primary N) is 2. The molecule has 3 saturated heterocycles. The molecule has 1 aromatic carbocycles. The highest BCUT2D eigenvalue weighted by molar-refractivity contribution is 6.02. The standard InChI is InChI=1S/C21H24N6O3/c22-8-14-5-12-6-17(12)27(14)20(29)16(23)10-25-9-15-7-18(25)21(30)26(15)13-3-1-11(2-4-13)19(24)28/h1-4,12,14-18H,5-7,9-10,23H2,(H2,24,28)/t12?,14-,15-,16-,17-,18-/m0/s1. The van der Waals surface area contributed by atoms with E-state index >= 15 is 0 Å². The third-order valence-electron chi connectivity index (χ3n) is 6.96. The molecule has 1 aromatic rings. The Labute approximate surface area is 174 Å². The molecular weight excluding hydrogens is 384 g/mol. The lowest BCUT2D eigenvalue weighted by atomic mass is 10.1. The molecule has 9 nitrogen and oxygen atoms in total. The van der Waals surface area contributed by atoms with Crippen LogP contribution in [-0.2, 0) is 9.59 Å². The molecule has 6 atom stereocenters. The van der Waals surface area contributed by atoms with Gasteiger partial charge in [-0.1, -0.05) is 0 Å². The average Bonchev–Trinajstić information content (AvgIpc) is 3.07. The Hall–Kier alpha value is -2.96. The zero-order valence-electron chi connectivity index (χ0n) is 16.5. The van der Waals surface area contributed by atoms with Crippen LogP contribution in [0.1, 0.15) is 29.6 Å². The topological polar surface area (TPSA) is 137 Å². The molecule has 0 spiro atoms. The van der Waals surface area contributed by atoms with E-state index < -0.39 is 11.9 Å². The van der Waals surface area contributed by atoms with Gasteiger partial charge in [-0.15, -0.1) is 0 Å². The highest BCUT2D eigenvalue weighted by Crippen LogP contribution is 2.47. The summed E-state index contributed by atoms with van der Waals surface area (Å²) in [6.45, 7) is 0.953. The number of nitrogens with zero attached hydrogens (tertiary/aromatic N) is 4. The van der Waals surface area contributed by atoms with Gasteiger partial charge in [-0.05, 0) is 49.4 Å². The van der Waals surface area contributed by atoms with Gasteiger partial charge in [0.2, 0.25) is 17.7 Å². The third-order valence-corrected chi connectivity index (χ3v) is 6.96. The molecule has 30 heavy (non-hydrogen) atoms. The second-order valence-corrected chi connectivity index (χ2v) is 8.77. The van der Waals surface area contributed by atoms with Gasteiger partial charge in [0.25, 0.3) is 0 Å². The van der Waals surface area contributed by atoms with Crippen LogP contribution in [0.15, 0.2) is 24.3 Å². The van der Waals surface area contributed by atoms with Crippen molar-refractivity contribution >= 4 is 23.4 Å². The number of piperazine rings is 1. The van der Waals surface area contributed by atoms with Crippen molar-refractivity contribution in [2.45, 2.75) is 49.5 Å². The fourth-order valence-electron chi connectivity index (χ4n) is 5.40. The zero-order valence-corrected chi connectivity index (χ0v) is 16.5. The normalized spacial score (nSPS) is 32.8. The number of benzene rings is 1. The second-order valence-electron chi connectivity index (χ2n) is 8.77. The maximum atomic E-state index is 13.0. The quantitative estimate of drug-likeness (QED) is 0.668. The number of piperidine rings is 1. The van der Waals surface area contributed by atoms with Crippen molar-refractivity contribution in [1.29, 1.82) is 5.26 Å². The minimum absolute atomic E-state index is 0.00989. The highest BCUT2D eigenvalue weighted by Gasteiger charge is 2.55. The van der Waals surface area contributed by atoms with Gasteiger partial charge in [-0.3, -0.25) is 19.3 Å². The maximum absolute atomic E-state index is 13.0. The van der Waals surface area contributed by atoms with Crippen LogP contribution in [0.4, 0.5) is 5.69 Å². The largest absolute Gasteiger partial charge is 0.366 e. The smallest absolute Gasteiger partial charge is 0.248 e. The summed E-state index contributed by atoms with van der Waals surface area (Å²) in [6.07, 6.45) is 2.40. The molecule has 0 aromatic heterocycles. The second kappa shape index (κ2) is 6.79. The molecule has 1 aliphatic carbocycles. The summed E-state index contributed by atoms with van der Waals surface area (Å²) < 4.78 is 0. The lowest BCUT2D eigenvalue weighted by Gasteiger charge is -2.35. The molecular formula is C21H24N6O3. The number of fused-ring (bicyclic) bond motifs is 3. The van der Waals surface area contributed by atoms with Crippen molar-refractivity contribution in [3.63, 3.8) is 0 Å². The Morgan fingerprint density at radius 1 is 1.20 bits per heavy atom. The number of hydrogen-bond donors (Lipinski definition) is 2. The van der Waals surface area contributed by atoms with E-state index in [0.29, 0.717) is 31.0 Å². The SMILES string of the molecule is N#C[C@@H]1CC2C[C@@H]2N1C(=O)[C@@H](N)CN1C[C@@H]2C[C@H]1C(=O)N2c1ccc(C(N)=O)cc1. The van der Waals surface area contributed by atoms with Gasteiger partial charge in [-0.2, -0.15) is 5.26 Å². The van der Waals surface area contributed by atoms with Gasteiger partial charge >= 0.3 is 0 Å². The maximum Gasteiger partial charge on any atom is 0.248 e. The van der Waals surface area contributed by atoms with E-state index in [-0.39, 0.29) is 36.0 Å². The van der Waals surface area contributed by atoms with E-state index in [4.69, 9.17) is 11.5 Å². The number of rotatable bonds is 5. The first-order valence-corrected chi connectivity index (χ1v) is 10.3. The number of anilines is 1. The molecule has 156 valence electrons. The van der Waals surface area contributed by atoms with Crippen LogP contribution < -0.4 is 16.4 Å². The predicted molar refractivity (Wildman–Crippen MR) is 107 cm³/mol. The van der Waals surface area contributed by atoms with Gasteiger partial charge < -0.3 is 21.3 Å². The number of carbonyl (C=O) groups is 3. The molecule has 3 aliphatic heterocycles. The Balaban J connectivity index is 1.24. The van der Waals surface area contributed by atoms with E-state index in [9.17, 15) is 19.6 Å². The molecule has 3 heterocycles. The molecule has 4 N–H and O–H groups in total. The van der Waals surface area contributed by atoms with Crippen molar-refractivity contribution in [1.82, 2.24) is 9.80 Å². The summed E-state index contributed by atoms with van der Waals surface area (Å²) in [5.74, 6) is -0.254. The van der Waals surface area contributed by atoms with Crippen LogP contribution in [0.3, 0.4) is 0 Å². The molecule has 1 unspecified atom stereocenters. The Morgan fingerprint density at radius 3 is 2.57 bits per heavy atom. The zero-order chi connectivity index (χ0) is 21.2. The number of carbonyl (C=O) groups excluding carboxylic acids is 3. The Morgan fingerprint density at radius 2 is 1.93 bits per heavy atom. The summed E-state index contributed by atoms with van der Waals surface area (Å²) in [7, 11) is 0. The van der Waals surface area contributed by atoms with Gasteiger partial charge in [0.05, 0.1) is 24.2 Å². The molecule has 3 amide bonds. The van der Waals surface area contributed by atoms with E-state index in [1.54, 1.807) is 34.1 Å². The van der Waals surface area contributed by atoms with Gasteiger partial charge in [0.15, 0.2) is 0 Å². The summed E-state index contributed by atoms with van der Waals surface area (Å²) in [6, 6.07) is 7.70. The van der Waals surface area contributed by atoms with Crippen LogP contribution in [0.25, 0.3) is 0 Å². The van der Waals surface area contributed by atoms with E-state index in [1.807, 2.05) is 4.90 Å². The molecule has 9 heteroatoms. The van der Waals surface area contributed by atoms with Crippen molar-refractivity contribution in [3.8, 4) is 6.07 Å². The van der Waals surface area contributed by atoms with Crippen molar-refractivity contribution < 1.29 is 14.4 Å². The van der Waals surface area contributed by atoms with Gasteiger partial charge in [0.1, 0.15) is 6.04 Å². The Kier molecular flexibility index (Phi) is 4.31. The van der Waals surface area contributed by atoms with Crippen molar-refractivity contribution in [2.75, 3.05) is 18.0 Å². The van der Waals surface area contributed by atoms with Crippen molar-refractivity contribution in [2.24, 2.45) is 17.4 Å². The summed E-state index contributed by atoms with van der Waals surface area (Å²) >= 11 is 0. The third kappa shape index (κ3) is 2.87. The predicted octanol–water partition coefficient (Wildman–Crippen LogP) is -0.585. The number of amides is 3. The molecule has 0 radical (unpaired) electrons. The van der Waals surface area contributed by atoms with Gasteiger partial charge in [0, 0.05) is 30.4 Å². The lowest BCUT2D eigenvalue weighted by Crippen LogP contribution is -2.57. The minimum Gasteiger partial charge on any atom is -0.366 e. The van der Waals surface area contributed by atoms with Crippen LogP contribution in [0, 0.1) is 17.2 Å². The molecule has 2 bridgehead atoms. The first-order chi connectivity index (χ1) is 14.4. The number of likely N-dealkylation sites (tertiary alicyclic amines) is 2. The van der Waals surface area contributed by atoms with Crippen LogP contribution in [0.2, 0.25) is 0 Å². The fraction of sp³-hybridized carbons (Fsp3) is 0.524. The number of primary amides is 1. The molecule has 4 aliphatic rings. The lowest BCUT2D eigenvalue weighted by molar-refractivity contribution is -0.135. The fourth-order valence-corrected chi connectivity index (χ4v) is 5.40. The van der Waals surface area contributed by atoms with E-state index in [2.05, 4.69) is 6.07 Å². The van der Waals surface area contributed by atoms with E-state index in [1.165, 1.54) is 0 Å². The van der Waals surface area contributed by atoms with Crippen molar-refractivity contribution in [3.05, 3.63) is 29.8 Å². The summed E-state index contributed by atoms with van der Waals surface area (Å²) in [5.41, 5.74) is 12.7. The van der Waals surface area contributed by atoms with Gasteiger partial charge in [-0.25, -0.2) is 0 Å². The van der Waals surface area contributed by atoms with E-state index in [0.717, 1.165) is 18.5 Å².